The first-order chi connectivity index (χ1) is 23.8. The summed E-state index contributed by atoms with van der Waals surface area (Å²) in [6.45, 7) is 0. The van der Waals surface area contributed by atoms with Gasteiger partial charge in [-0.3, -0.25) is 0 Å². The van der Waals surface area contributed by atoms with Gasteiger partial charge in [0, 0.05) is 11.1 Å². The molecule has 10 rings (SSSR count). The van der Waals surface area contributed by atoms with Crippen LogP contribution in [0.3, 0.4) is 0 Å². The van der Waals surface area contributed by atoms with Crippen LogP contribution in [0, 0.1) is 0 Å². The molecule has 0 aromatic heterocycles. The molecule has 1 heterocycles. The second-order valence-electron chi connectivity index (χ2n) is 12.8. The third-order valence-electron chi connectivity index (χ3n) is 10.4. The Morgan fingerprint density at radius 3 is 1.44 bits per heavy atom. The highest BCUT2D eigenvalue weighted by atomic mass is 16.5. The fourth-order valence-electron chi connectivity index (χ4n) is 8.32. The highest BCUT2D eigenvalue weighted by Crippen LogP contribution is 2.59. The van der Waals surface area contributed by atoms with E-state index in [1.165, 1.54) is 76.5 Å². The molecule has 1 aliphatic heterocycles. The Kier molecular flexibility index (Phi) is 5.86. The van der Waals surface area contributed by atoms with Crippen LogP contribution in [-0.4, -0.2) is 0 Å². The number of ether oxygens (including phenoxy) is 1. The molecule has 1 aliphatic rings. The third-order valence-corrected chi connectivity index (χ3v) is 10.4. The van der Waals surface area contributed by atoms with Crippen LogP contribution in [-0.2, 0) is 5.41 Å². The van der Waals surface area contributed by atoms with Crippen molar-refractivity contribution >= 4 is 43.1 Å². The van der Waals surface area contributed by atoms with Gasteiger partial charge in [0.2, 0.25) is 0 Å². The lowest BCUT2D eigenvalue weighted by Crippen LogP contribution is -2.34. The van der Waals surface area contributed by atoms with Crippen LogP contribution >= 0.6 is 0 Å². The van der Waals surface area contributed by atoms with Crippen molar-refractivity contribution in [3.05, 3.63) is 204 Å². The van der Waals surface area contributed by atoms with Crippen LogP contribution in [0.1, 0.15) is 22.3 Å². The summed E-state index contributed by atoms with van der Waals surface area (Å²) in [7, 11) is 0. The summed E-state index contributed by atoms with van der Waals surface area (Å²) < 4.78 is 6.87. The summed E-state index contributed by atoms with van der Waals surface area (Å²) in [5.74, 6) is 1.79. The van der Waals surface area contributed by atoms with E-state index < -0.39 is 5.41 Å². The van der Waals surface area contributed by atoms with Crippen LogP contribution in [0.15, 0.2) is 182 Å². The molecule has 0 N–H and O–H groups in total. The van der Waals surface area contributed by atoms with E-state index in [9.17, 15) is 0 Å². The molecule has 0 saturated heterocycles. The minimum Gasteiger partial charge on any atom is -0.457 e. The van der Waals surface area contributed by atoms with Gasteiger partial charge in [-0.25, -0.2) is 0 Å². The summed E-state index contributed by atoms with van der Waals surface area (Å²) in [4.78, 5) is 0. The van der Waals surface area contributed by atoms with Crippen molar-refractivity contribution in [1.82, 2.24) is 0 Å². The van der Waals surface area contributed by atoms with Crippen LogP contribution in [0.4, 0.5) is 0 Å². The van der Waals surface area contributed by atoms with Gasteiger partial charge >= 0.3 is 0 Å². The van der Waals surface area contributed by atoms with Gasteiger partial charge < -0.3 is 4.74 Å². The summed E-state index contributed by atoms with van der Waals surface area (Å²) in [6.07, 6.45) is 0. The topological polar surface area (TPSA) is 9.23 Å². The molecule has 0 unspecified atom stereocenters. The van der Waals surface area contributed by atoms with E-state index in [2.05, 4.69) is 182 Å². The Balaban J connectivity index is 1.32. The van der Waals surface area contributed by atoms with Crippen molar-refractivity contribution in [3.63, 3.8) is 0 Å². The monoisotopic (exact) mass is 610 g/mol. The Morgan fingerprint density at radius 1 is 0.333 bits per heavy atom. The normalized spacial score (nSPS) is 13.3. The minimum absolute atomic E-state index is 0.643. The van der Waals surface area contributed by atoms with E-state index in [-0.39, 0.29) is 0 Å². The molecule has 0 amide bonds. The molecule has 9 aromatic carbocycles. The minimum atomic E-state index is -0.643. The fraction of sp³-hybridized carbons (Fsp3) is 0.0213. The first kappa shape index (κ1) is 27.0. The van der Waals surface area contributed by atoms with Crippen molar-refractivity contribution in [1.29, 1.82) is 0 Å². The molecule has 1 nitrogen and oxygen atoms in total. The Hall–Kier alpha value is -6.18. The first-order valence-corrected chi connectivity index (χ1v) is 16.6. The van der Waals surface area contributed by atoms with Gasteiger partial charge in [0.25, 0.3) is 0 Å². The largest absolute Gasteiger partial charge is 0.457 e. The first-order valence-electron chi connectivity index (χ1n) is 16.6. The zero-order chi connectivity index (χ0) is 31.7. The molecule has 9 aromatic rings. The molecule has 0 aliphatic carbocycles. The van der Waals surface area contributed by atoms with Crippen molar-refractivity contribution in [2.24, 2.45) is 0 Å². The SMILES string of the molecule is c1ccc(C2(c3ccc(-c4cc5ccccc5c5ccccc45)cc3)c3c(ccc4ccccc34)Oc3ccc4ccccc4c32)cc1. The number of fused-ring (bicyclic) bond motifs is 9. The van der Waals surface area contributed by atoms with Crippen LogP contribution in [0.2, 0.25) is 0 Å². The number of benzene rings is 9. The number of hydrogen-bond acceptors (Lipinski definition) is 1. The second-order valence-corrected chi connectivity index (χ2v) is 12.8. The van der Waals surface area contributed by atoms with Gasteiger partial charge in [-0.2, -0.15) is 0 Å². The third kappa shape index (κ3) is 3.79. The van der Waals surface area contributed by atoms with Gasteiger partial charge in [-0.15, -0.1) is 0 Å². The predicted octanol–water partition coefficient (Wildman–Crippen LogP) is 12.5. The molecule has 0 spiro atoms. The van der Waals surface area contributed by atoms with Crippen LogP contribution < -0.4 is 4.74 Å². The standard InChI is InChI=1S/C47H30O/c1-2-15-35(16-3-1)47(36-26-22-33(23-27-36)42-30-34-14-6-7-17-37(34)40-20-10-11-21-41(40)42)45-38-18-8-4-12-31(38)24-28-43(45)48-44-29-25-32-13-5-9-19-39(32)46(44)47/h1-30H. The Bertz CT molecular complexity index is 2600. The summed E-state index contributed by atoms with van der Waals surface area (Å²) in [5, 5.41) is 9.86. The van der Waals surface area contributed by atoms with E-state index in [1.807, 2.05) is 0 Å². The maximum absolute atomic E-state index is 6.87. The Morgan fingerprint density at radius 2 is 0.812 bits per heavy atom. The summed E-state index contributed by atoms with van der Waals surface area (Å²) in [6, 6.07) is 66.3. The average molecular weight is 611 g/mol. The van der Waals surface area contributed by atoms with Crippen molar-refractivity contribution in [2.45, 2.75) is 5.41 Å². The quantitative estimate of drug-likeness (QED) is 0.181. The fourth-order valence-corrected chi connectivity index (χ4v) is 8.32. The lowest BCUT2D eigenvalue weighted by Gasteiger charge is -2.43. The van der Waals surface area contributed by atoms with E-state index >= 15 is 0 Å². The highest BCUT2D eigenvalue weighted by molar-refractivity contribution is 6.13. The Labute approximate surface area is 279 Å². The molecule has 0 fully saturated rings. The van der Waals surface area contributed by atoms with Crippen molar-refractivity contribution < 1.29 is 4.74 Å². The molecular weight excluding hydrogens is 581 g/mol. The van der Waals surface area contributed by atoms with Gasteiger partial charge in [0.15, 0.2) is 0 Å². The number of hydrogen-bond donors (Lipinski definition) is 0. The van der Waals surface area contributed by atoms with E-state index in [0.717, 1.165) is 11.5 Å². The maximum atomic E-state index is 6.87. The highest BCUT2D eigenvalue weighted by Gasteiger charge is 2.47. The second kappa shape index (κ2) is 10.4. The zero-order valence-electron chi connectivity index (χ0n) is 26.2. The van der Waals surface area contributed by atoms with E-state index in [1.54, 1.807) is 0 Å². The summed E-state index contributed by atoms with van der Waals surface area (Å²) >= 11 is 0. The van der Waals surface area contributed by atoms with Crippen molar-refractivity contribution in [3.8, 4) is 22.6 Å². The van der Waals surface area contributed by atoms with E-state index in [4.69, 9.17) is 4.74 Å². The smallest absolute Gasteiger partial charge is 0.132 e. The van der Waals surface area contributed by atoms with Crippen LogP contribution in [0.5, 0.6) is 11.5 Å². The van der Waals surface area contributed by atoms with Gasteiger partial charge in [-0.1, -0.05) is 164 Å². The van der Waals surface area contributed by atoms with Gasteiger partial charge in [0.05, 0.1) is 5.41 Å². The zero-order valence-corrected chi connectivity index (χ0v) is 26.2. The molecule has 0 radical (unpaired) electrons. The number of rotatable bonds is 3. The lowest BCUT2D eigenvalue weighted by molar-refractivity contribution is 0.439. The van der Waals surface area contributed by atoms with Crippen LogP contribution in [0.25, 0.3) is 54.2 Å². The maximum Gasteiger partial charge on any atom is 0.132 e. The van der Waals surface area contributed by atoms with Gasteiger partial charge in [0.1, 0.15) is 11.5 Å². The molecule has 0 bridgehead atoms. The van der Waals surface area contributed by atoms with E-state index in [0.29, 0.717) is 0 Å². The molecule has 1 heteroatoms. The molecule has 48 heavy (non-hydrogen) atoms. The van der Waals surface area contributed by atoms with Crippen molar-refractivity contribution in [2.75, 3.05) is 0 Å². The molecular formula is C47H30O. The molecule has 0 atom stereocenters. The lowest BCUT2D eigenvalue weighted by atomic mass is 9.61. The van der Waals surface area contributed by atoms with Gasteiger partial charge in [-0.05, 0) is 83.5 Å². The summed E-state index contributed by atoms with van der Waals surface area (Å²) in [5.41, 5.74) is 6.59. The molecule has 224 valence electrons. The predicted molar refractivity (Wildman–Crippen MR) is 200 cm³/mol. The molecule has 0 saturated carbocycles. The average Bonchev–Trinajstić information content (AvgIpc) is 3.17.